The van der Waals surface area contributed by atoms with Crippen molar-refractivity contribution in [3.8, 4) is 11.1 Å². The van der Waals surface area contributed by atoms with Gasteiger partial charge in [-0.2, -0.15) is 0 Å². The second-order valence-electron chi connectivity index (χ2n) is 6.00. The minimum Gasteiger partial charge on any atom is -0.289 e. The van der Waals surface area contributed by atoms with E-state index in [4.69, 9.17) is 0 Å². The largest absolute Gasteiger partial charge is 0.289 e. The van der Waals surface area contributed by atoms with Crippen LogP contribution in [-0.4, -0.2) is 5.78 Å². The van der Waals surface area contributed by atoms with Gasteiger partial charge in [0.15, 0.2) is 5.78 Å². The summed E-state index contributed by atoms with van der Waals surface area (Å²) in [6, 6.07) is 10.4. The van der Waals surface area contributed by atoms with Gasteiger partial charge in [0.05, 0.1) is 0 Å². The van der Waals surface area contributed by atoms with E-state index in [0.29, 0.717) is 22.3 Å². The number of rotatable bonds is 0. The Morgan fingerprint density at radius 2 is 1.68 bits per heavy atom. The van der Waals surface area contributed by atoms with E-state index in [-0.39, 0.29) is 17.0 Å². The Kier molecular flexibility index (Phi) is 2.40. The minimum absolute atomic E-state index is 0.0252. The zero-order valence-corrected chi connectivity index (χ0v) is 11.3. The van der Waals surface area contributed by atoms with Crippen LogP contribution in [0.1, 0.15) is 42.3 Å². The fourth-order valence-corrected chi connectivity index (χ4v) is 2.55. The zero-order chi connectivity index (χ0) is 13.8. The highest BCUT2D eigenvalue weighted by Gasteiger charge is 2.30. The molecule has 0 radical (unpaired) electrons. The summed E-state index contributed by atoms with van der Waals surface area (Å²) in [5, 5.41) is 0. The fraction of sp³-hybridized carbons (Fsp3) is 0.235. The van der Waals surface area contributed by atoms with Crippen LogP contribution in [0.5, 0.6) is 0 Å². The molecule has 0 unspecified atom stereocenters. The molecule has 0 N–H and O–H groups in total. The number of ketones is 1. The van der Waals surface area contributed by atoms with E-state index in [1.165, 1.54) is 6.07 Å². The molecule has 1 aliphatic rings. The average Bonchev–Trinajstić information content (AvgIpc) is 2.63. The first kappa shape index (κ1) is 12.1. The van der Waals surface area contributed by atoms with Gasteiger partial charge in [-0.05, 0) is 28.7 Å². The standard InChI is InChI=1S/C17H15FO/c1-17(2,3)10-7-8-11-13(9-10)16(19)12-5-4-6-14(18)15(11)12/h4-9H,1-3H3. The predicted molar refractivity (Wildman–Crippen MR) is 74.0 cm³/mol. The number of hydrogen-bond donors (Lipinski definition) is 0. The molecule has 1 nitrogen and oxygen atoms in total. The van der Waals surface area contributed by atoms with E-state index in [9.17, 15) is 9.18 Å². The molecule has 2 aromatic rings. The van der Waals surface area contributed by atoms with Crippen molar-refractivity contribution in [3.63, 3.8) is 0 Å². The number of hydrogen-bond acceptors (Lipinski definition) is 1. The second-order valence-corrected chi connectivity index (χ2v) is 6.00. The average molecular weight is 254 g/mol. The topological polar surface area (TPSA) is 17.1 Å². The Bertz CT molecular complexity index is 693. The molecule has 1 aliphatic carbocycles. The monoisotopic (exact) mass is 254 g/mol. The maximum Gasteiger partial charge on any atom is 0.194 e. The molecule has 0 aliphatic heterocycles. The van der Waals surface area contributed by atoms with Crippen molar-refractivity contribution in [2.45, 2.75) is 26.2 Å². The van der Waals surface area contributed by atoms with E-state index in [1.54, 1.807) is 12.1 Å². The van der Waals surface area contributed by atoms with Crippen LogP contribution in [0.4, 0.5) is 4.39 Å². The molecule has 0 amide bonds. The van der Waals surface area contributed by atoms with Gasteiger partial charge in [-0.25, -0.2) is 4.39 Å². The van der Waals surface area contributed by atoms with E-state index >= 15 is 0 Å². The highest BCUT2D eigenvalue weighted by Crippen LogP contribution is 2.40. The summed E-state index contributed by atoms with van der Waals surface area (Å²) in [5.74, 6) is -0.399. The van der Waals surface area contributed by atoms with Crippen LogP contribution >= 0.6 is 0 Å². The Labute approximate surface area is 112 Å². The predicted octanol–water partition coefficient (Wildman–Crippen LogP) is 4.33. The van der Waals surface area contributed by atoms with Crippen LogP contribution < -0.4 is 0 Å². The van der Waals surface area contributed by atoms with Crippen LogP contribution in [0.25, 0.3) is 11.1 Å². The third-order valence-electron chi connectivity index (χ3n) is 3.66. The van der Waals surface area contributed by atoms with Crippen LogP contribution in [0.3, 0.4) is 0 Å². The van der Waals surface area contributed by atoms with Gasteiger partial charge in [-0.3, -0.25) is 4.79 Å². The van der Waals surface area contributed by atoms with Gasteiger partial charge < -0.3 is 0 Å². The molecule has 0 saturated heterocycles. The molecule has 3 rings (SSSR count). The van der Waals surface area contributed by atoms with Gasteiger partial charge in [0, 0.05) is 16.7 Å². The molecule has 0 saturated carbocycles. The summed E-state index contributed by atoms with van der Waals surface area (Å²) >= 11 is 0. The number of fused-ring (bicyclic) bond motifs is 3. The molecule has 0 bridgehead atoms. The van der Waals surface area contributed by atoms with Crippen molar-refractivity contribution in [1.82, 2.24) is 0 Å². The molecular formula is C17H15FO. The number of benzene rings is 2. The summed E-state index contributed by atoms with van der Waals surface area (Å²) in [4.78, 5) is 12.4. The number of carbonyl (C=O) groups excluding carboxylic acids is 1. The highest BCUT2D eigenvalue weighted by atomic mass is 19.1. The third kappa shape index (κ3) is 1.71. The van der Waals surface area contributed by atoms with Gasteiger partial charge in [0.2, 0.25) is 0 Å². The zero-order valence-electron chi connectivity index (χ0n) is 11.3. The first-order valence-corrected chi connectivity index (χ1v) is 6.38. The van der Waals surface area contributed by atoms with Crippen molar-refractivity contribution >= 4 is 5.78 Å². The lowest BCUT2D eigenvalue weighted by Gasteiger charge is -2.19. The van der Waals surface area contributed by atoms with Crippen molar-refractivity contribution < 1.29 is 9.18 Å². The summed E-state index contributed by atoms with van der Waals surface area (Å²) in [6.45, 7) is 6.30. The normalized spacial score (nSPS) is 13.4. The van der Waals surface area contributed by atoms with Crippen LogP contribution in [0, 0.1) is 5.82 Å². The lowest BCUT2D eigenvalue weighted by Crippen LogP contribution is -2.11. The molecule has 2 aromatic carbocycles. The van der Waals surface area contributed by atoms with Gasteiger partial charge >= 0.3 is 0 Å². The summed E-state index contributed by atoms with van der Waals surface area (Å²) < 4.78 is 13.9. The van der Waals surface area contributed by atoms with Crippen molar-refractivity contribution in [3.05, 3.63) is 58.9 Å². The maximum absolute atomic E-state index is 13.9. The number of carbonyl (C=O) groups is 1. The molecule has 19 heavy (non-hydrogen) atoms. The molecular weight excluding hydrogens is 239 g/mol. The molecule has 0 fully saturated rings. The smallest absolute Gasteiger partial charge is 0.194 e. The van der Waals surface area contributed by atoms with Crippen molar-refractivity contribution in [2.75, 3.05) is 0 Å². The molecule has 0 spiro atoms. The lowest BCUT2D eigenvalue weighted by molar-refractivity contribution is 0.104. The molecule has 2 heteroatoms. The van der Waals surface area contributed by atoms with Gasteiger partial charge in [-0.15, -0.1) is 0 Å². The Morgan fingerprint density at radius 1 is 0.947 bits per heavy atom. The maximum atomic E-state index is 13.9. The van der Waals surface area contributed by atoms with Crippen LogP contribution in [0.2, 0.25) is 0 Å². The van der Waals surface area contributed by atoms with E-state index in [1.807, 2.05) is 18.2 Å². The minimum atomic E-state index is -0.326. The SMILES string of the molecule is CC(C)(C)c1ccc2c(c1)C(=O)c1cccc(F)c1-2. The van der Waals surface area contributed by atoms with Crippen molar-refractivity contribution in [1.29, 1.82) is 0 Å². The Hall–Kier alpha value is -1.96. The van der Waals surface area contributed by atoms with Gasteiger partial charge in [0.25, 0.3) is 0 Å². The summed E-state index contributed by atoms with van der Waals surface area (Å²) in [7, 11) is 0. The van der Waals surface area contributed by atoms with E-state index in [2.05, 4.69) is 20.8 Å². The summed E-state index contributed by atoms with van der Waals surface area (Å²) in [5.41, 5.74) is 3.32. The van der Waals surface area contributed by atoms with E-state index < -0.39 is 0 Å². The first-order valence-electron chi connectivity index (χ1n) is 6.38. The number of halogens is 1. The first-order chi connectivity index (χ1) is 8.89. The van der Waals surface area contributed by atoms with E-state index in [0.717, 1.165) is 5.56 Å². The molecule has 0 atom stereocenters. The highest BCUT2D eigenvalue weighted by molar-refractivity contribution is 6.21. The summed E-state index contributed by atoms with van der Waals surface area (Å²) in [6.07, 6.45) is 0. The molecule has 0 aromatic heterocycles. The Morgan fingerprint density at radius 3 is 2.37 bits per heavy atom. The van der Waals surface area contributed by atoms with Gasteiger partial charge in [0.1, 0.15) is 5.82 Å². The molecule has 96 valence electrons. The quantitative estimate of drug-likeness (QED) is 0.583. The van der Waals surface area contributed by atoms with Crippen LogP contribution in [-0.2, 0) is 5.41 Å². The fourth-order valence-electron chi connectivity index (χ4n) is 2.55. The Balaban J connectivity index is 2.27. The second kappa shape index (κ2) is 3.77. The third-order valence-corrected chi connectivity index (χ3v) is 3.66. The van der Waals surface area contributed by atoms with Crippen LogP contribution in [0.15, 0.2) is 36.4 Å². The lowest BCUT2D eigenvalue weighted by atomic mass is 9.85. The van der Waals surface area contributed by atoms with Gasteiger partial charge in [-0.1, -0.05) is 45.0 Å². The molecule has 0 heterocycles. The van der Waals surface area contributed by atoms with Crippen molar-refractivity contribution in [2.24, 2.45) is 0 Å².